The number of hydrogen-bond donors (Lipinski definition) is 2. The van der Waals surface area contributed by atoms with Gasteiger partial charge in [0.15, 0.2) is 5.69 Å². The van der Waals surface area contributed by atoms with Crippen molar-refractivity contribution in [3.8, 4) is 5.69 Å². The van der Waals surface area contributed by atoms with Crippen LogP contribution in [0.1, 0.15) is 5.69 Å². The van der Waals surface area contributed by atoms with E-state index < -0.39 is 21.9 Å². The molecular weight excluding hydrogens is 297 g/mol. The topological polar surface area (TPSA) is 104 Å². The lowest BCUT2D eigenvalue weighted by atomic mass is 10.3. The smallest absolute Gasteiger partial charge is 0.384 e. The highest BCUT2D eigenvalue weighted by Gasteiger charge is 2.34. The lowest BCUT2D eigenvalue weighted by Gasteiger charge is -2.05. The van der Waals surface area contributed by atoms with Crippen LogP contribution < -0.4 is 10.9 Å². The van der Waals surface area contributed by atoms with Crippen LogP contribution in [0.25, 0.3) is 5.69 Å². The van der Waals surface area contributed by atoms with Gasteiger partial charge in [-0.15, -0.1) is 0 Å². The molecule has 6 nitrogen and oxygen atoms in total. The summed E-state index contributed by atoms with van der Waals surface area (Å²) in [5.74, 6) is -0.222. The molecule has 0 spiro atoms. The minimum Gasteiger partial charge on any atom is -0.384 e. The Hall–Kier alpha value is -2.07. The van der Waals surface area contributed by atoms with Crippen LogP contribution in [0.2, 0.25) is 0 Å². The first-order valence-electron chi connectivity index (χ1n) is 5.15. The summed E-state index contributed by atoms with van der Waals surface area (Å²) >= 11 is 0. The van der Waals surface area contributed by atoms with Gasteiger partial charge in [-0.3, -0.25) is 0 Å². The lowest BCUT2D eigenvalue weighted by molar-refractivity contribution is -0.141. The van der Waals surface area contributed by atoms with Gasteiger partial charge in [0.05, 0.1) is 10.6 Å². The maximum Gasteiger partial charge on any atom is 0.435 e. The predicted octanol–water partition coefficient (Wildman–Crippen LogP) is 1.12. The molecule has 2 rings (SSSR count). The fraction of sp³-hybridized carbons (Fsp3) is 0.100. The zero-order valence-corrected chi connectivity index (χ0v) is 10.6. The van der Waals surface area contributed by atoms with E-state index in [1.54, 1.807) is 0 Å². The summed E-state index contributed by atoms with van der Waals surface area (Å²) in [5.41, 5.74) is 4.50. The van der Waals surface area contributed by atoms with E-state index in [0.29, 0.717) is 6.07 Å². The van der Waals surface area contributed by atoms with E-state index in [1.165, 1.54) is 12.1 Å². The van der Waals surface area contributed by atoms with Gasteiger partial charge < -0.3 is 5.73 Å². The SMILES string of the molecule is Nc1cc(C(F)(F)F)nn1-c1ccc(S(N)(=O)=O)cc1. The van der Waals surface area contributed by atoms with Crippen LogP contribution in [0.15, 0.2) is 35.2 Å². The van der Waals surface area contributed by atoms with Crippen LogP contribution in [-0.4, -0.2) is 18.2 Å². The van der Waals surface area contributed by atoms with Gasteiger partial charge in [-0.05, 0) is 24.3 Å². The summed E-state index contributed by atoms with van der Waals surface area (Å²) in [6.45, 7) is 0. The number of benzene rings is 1. The summed E-state index contributed by atoms with van der Waals surface area (Å²) in [6, 6.07) is 5.50. The molecule has 4 N–H and O–H groups in total. The first kappa shape index (κ1) is 14.3. The summed E-state index contributed by atoms with van der Waals surface area (Å²) in [4.78, 5) is -0.164. The summed E-state index contributed by atoms with van der Waals surface area (Å²) in [7, 11) is -3.87. The van der Waals surface area contributed by atoms with Crippen molar-refractivity contribution in [2.45, 2.75) is 11.1 Å². The third kappa shape index (κ3) is 2.75. The number of halogens is 3. The molecule has 0 aliphatic carbocycles. The molecule has 0 aliphatic rings. The van der Waals surface area contributed by atoms with Crippen LogP contribution in [0, 0.1) is 0 Å². The number of hydrogen-bond acceptors (Lipinski definition) is 4. The number of sulfonamides is 1. The van der Waals surface area contributed by atoms with Crippen molar-refractivity contribution in [1.29, 1.82) is 0 Å². The molecule has 108 valence electrons. The molecule has 1 aromatic carbocycles. The fourth-order valence-electron chi connectivity index (χ4n) is 1.52. The van der Waals surface area contributed by atoms with Gasteiger partial charge >= 0.3 is 6.18 Å². The highest BCUT2D eigenvalue weighted by Crippen LogP contribution is 2.30. The molecule has 0 saturated heterocycles. The van der Waals surface area contributed by atoms with Gasteiger partial charge in [-0.25, -0.2) is 18.2 Å². The lowest BCUT2D eigenvalue weighted by Crippen LogP contribution is -2.12. The van der Waals surface area contributed by atoms with Crippen molar-refractivity contribution in [1.82, 2.24) is 9.78 Å². The number of nitrogen functional groups attached to an aromatic ring is 1. The predicted molar refractivity (Wildman–Crippen MR) is 64.4 cm³/mol. The van der Waals surface area contributed by atoms with E-state index in [0.717, 1.165) is 16.8 Å². The van der Waals surface area contributed by atoms with Crippen molar-refractivity contribution < 1.29 is 21.6 Å². The number of rotatable bonds is 2. The highest BCUT2D eigenvalue weighted by atomic mass is 32.2. The van der Waals surface area contributed by atoms with Gasteiger partial charge in [-0.2, -0.15) is 18.3 Å². The molecule has 1 heterocycles. The number of aromatic nitrogens is 2. The molecule has 0 amide bonds. The zero-order valence-electron chi connectivity index (χ0n) is 9.79. The number of nitrogens with zero attached hydrogens (tertiary/aromatic N) is 2. The number of alkyl halides is 3. The van der Waals surface area contributed by atoms with E-state index in [9.17, 15) is 21.6 Å². The van der Waals surface area contributed by atoms with Crippen molar-refractivity contribution in [2.75, 3.05) is 5.73 Å². The molecule has 0 saturated carbocycles. The standard InChI is InChI=1S/C10H9F3N4O2S/c11-10(12,13)8-5-9(14)17(16-8)6-1-3-7(4-2-6)20(15,18)19/h1-5H,14H2,(H2,15,18,19). The molecule has 0 atom stereocenters. The average Bonchev–Trinajstić information content (AvgIpc) is 2.70. The van der Waals surface area contributed by atoms with E-state index in [4.69, 9.17) is 10.9 Å². The average molecular weight is 306 g/mol. The van der Waals surface area contributed by atoms with Gasteiger partial charge in [-0.1, -0.05) is 0 Å². The number of nitrogens with two attached hydrogens (primary N) is 2. The molecular formula is C10H9F3N4O2S. The Morgan fingerprint density at radius 1 is 1.15 bits per heavy atom. The molecule has 0 unspecified atom stereocenters. The summed E-state index contributed by atoms with van der Waals surface area (Å²) in [6.07, 6.45) is -4.61. The van der Waals surface area contributed by atoms with Crippen LogP contribution in [-0.2, 0) is 16.2 Å². The second-order valence-electron chi connectivity index (χ2n) is 3.90. The summed E-state index contributed by atoms with van der Waals surface area (Å²) in [5, 5.41) is 8.24. The first-order chi connectivity index (χ1) is 9.09. The highest BCUT2D eigenvalue weighted by molar-refractivity contribution is 7.89. The van der Waals surface area contributed by atoms with Crippen LogP contribution >= 0.6 is 0 Å². The number of anilines is 1. The normalized spacial score (nSPS) is 12.6. The maximum absolute atomic E-state index is 12.5. The molecule has 2 aromatic rings. The van der Waals surface area contributed by atoms with Crippen LogP contribution in [0.3, 0.4) is 0 Å². The molecule has 20 heavy (non-hydrogen) atoms. The zero-order chi connectivity index (χ0) is 15.1. The fourth-order valence-corrected chi connectivity index (χ4v) is 2.03. The quantitative estimate of drug-likeness (QED) is 0.867. The maximum atomic E-state index is 12.5. The van der Waals surface area contributed by atoms with Crippen molar-refractivity contribution in [3.05, 3.63) is 36.0 Å². The number of primary sulfonamides is 1. The largest absolute Gasteiger partial charge is 0.435 e. The monoisotopic (exact) mass is 306 g/mol. The van der Waals surface area contributed by atoms with Gasteiger partial charge in [0.1, 0.15) is 5.82 Å². The first-order valence-corrected chi connectivity index (χ1v) is 6.69. The van der Waals surface area contributed by atoms with Crippen molar-refractivity contribution >= 4 is 15.8 Å². The van der Waals surface area contributed by atoms with Crippen molar-refractivity contribution in [3.63, 3.8) is 0 Å². The third-order valence-corrected chi connectivity index (χ3v) is 3.37. The Morgan fingerprint density at radius 3 is 2.10 bits per heavy atom. The van der Waals surface area contributed by atoms with Crippen LogP contribution in [0.4, 0.5) is 19.0 Å². The Bertz CT molecular complexity index is 735. The second-order valence-corrected chi connectivity index (χ2v) is 5.46. The van der Waals surface area contributed by atoms with Gasteiger partial charge in [0.25, 0.3) is 0 Å². The Morgan fingerprint density at radius 2 is 1.70 bits per heavy atom. The Labute approximate surface area is 111 Å². The van der Waals surface area contributed by atoms with E-state index in [-0.39, 0.29) is 16.4 Å². The second kappa shape index (κ2) is 4.49. The minimum absolute atomic E-state index is 0.164. The molecule has 10 heteroatoms. The van der Waals surface area contributed by atoms with Crippen LogP contribution in [0.5, 0.6) is 0 Å². The molecule has 0 bridgehead atoms. The molecule has 1 aromatic heterocycles. The van der Waals surface area contributed by atoms with Gasteiger partial charge in [0.2, 0.25) is 10.0 Å². The Balaban J connectivity index is 2.45. The van der Waals surface area contributed by atoms with Gasteiger partial charge in [0, 0.05) is 6.07 Å². The summed E-state index contributed by atoms with van der Waals surface area (Å²) < 4.78 is 60.5. The van der Waals surface area contributed by atoms with E-state index in [1.807, 2.05) is 0 Å². The molecule has 0 aliphatic heterocycles. The third-order valence-electron chi connectivity index (χ3n) is 2.44. The Kier molecular flexibility index (Phi) is 3.22. The van der Waals surface area contributed by atoms with E-state index in [2.05, 4.69) is 5.10 Å². The minimum atomic E-state index is -4.61. The van der Waals surface area contributed by atoms with E-state index >= 15 is 0 Å². The van der Waals surface area contributed by atoms with Crippen molar-refractivity contribution in [2.24, 2.45) is 5.14 Å². The molecule has 0 radical (unpaired) electrons. The molecule has 0 fully saturated rings.